The highest BCUT2D eigenvalue weighted by atomic mass is 127. The molecule has 0 radical (unpaired) electrons. The van der Waals surface area contributed by atoms with Gasteiger partial charge in [0.1, 0.15) is 17.9 Å². The Balaban J connectivity index is 0.00000363. The zero-order valence-electron chi connectivity index (χ0n) is 17.7. The van der Waals surface area contributed by atoms with Gasteiger partial charge in [0.25, 0.3) is 0 Å². The second kappa shape index (κ2) is 12.2. The van der Waals surface area contributed by atoms with Gasteiger partial charge in [-0.15, -0.1) is 37.1 Å². The lowest BCUT2D eigenvalue weighted by Gasteiger charge is -2.25. The number of ether oxygens (including phenoxy) is 1. The molecule has 32 heavy (non-hydrogen) atoms. The van der Waals surface area contributed by atoms with Crippen LogP contribution < -0.4 is 15.4 Å². The first-order chi connectivity index (χ1) is 14.9. The van der Waals surface area contributed by atoms with E-state index in [1.54, 1.807) is 18.5 Å². The number of nitrogens with zero attached hydrogens (tertiary/aromatic N) is 4. The summed E-state index contributed by atoms with van der Waals surface area (Å²) in [5.41, 5.74) is 0.799. The van der Waals surface area contributed by atoms with Crippen LogP contribution in [0.5, 0.6) is 5.75 Å². The van der Waals surface area contributed by atoms with Crippen molar-refractivity contribution in [3.05, 3.63) is 42.0 Å². The van der Waals surface area contributed by atoms with Gasteiger partial charge in [-0.2, -0.15) is 5.10 Å². The third kappa shape index (κ3) is 8.11. The number of aryl methyl sites for hydroxylation is 1. The molecule has 1 aliphatic heterocycles. The average Bonchev–Trinajstić information content (AvgIpc) is 3.19. The fraction of sp³-hybridized carbons (Fsp3) is 0.550. The van der Waals surface area contributed by atoms with Crippen molar-refractivity contribution in [3.8, 4) is 5.75 Å². The van der Waals surface area contributed by atoms with Crippen LogP contribution in [0.25, 0.3) is 0 Å². The number of rotatable bonds is 8. The standard InChI is InChI=1S/C20H27F3N6O2.HI/c1-2-24-19(28-16-5-8-18-26-13-27-29(18)11-16)25-10-15(12-30)9-14-3-6-17(7-4-14)31-20(21,22)23;/h3-4,6-7,13,15-16,30H,2,5,8-12H2,1H3,(H2,24,25,28);1H. The smallest absolute Gasteiger partial charge is 0.406 e. The lowest BCUT2D eigenvalue weighted by atomic mass is 10.0. The zero-order valence-corrected chi connectivity index (χ0v) is 20.0. The minimum absolute atomic E-state index is 0. The third-order valence-electron chi connectivity index (χ3n) is 4.94. The summed E-state index contributed by atoms with van der Waals surface area (Å²) in [6.07, 6.45) is -0.918. The van der Waals surface area contributed by atoms with Crippen LogP contribution in [-0.2, 0) is 19.4 Å². The van der Waals surface area contributed by atoms with Crippen molar-refractivity contribution in [2.75, 3.05) is 19.7 Å². The summed E-state index contributed by atoms with van der Waals surface area (Å²) >= 11 is 0. The Labute approximate surface area is 201 Å². The molecule has 8 nitrogen and oxygen atoms in total. The van der Waals surface area contributed by atoms with Crippen molar-refractivity contribution in [2.24, 2.45) is 10.9 Å². The molecule has 0 bridgehead atoms. The first-order valence-corrected chi connectivity index (χ1v) is 10.2. The lowest BCUT2D eigenvalue weighted by molar-refractivity contribution is -0.274. The second-order valence-corrected chi connectivity index (χ2v) is 7.40. The van der Waals surface area contributed by atoms with E-state index in [2.05, 4.69) is 30.4 Å². The van der Waals surface area contributed by atoms with Gasteiger partial charge in [0.15, 0.2) is 5.96 Å². The monoisotopic (exact) mass is 568 g/mol. The Morgan fingerprint density at radius 2 is 2.09 bits per heavy atom. The number of alkyl halides is 3. The quantitative estimate of drug-likeness (QED) is 0.258. The molecule has 12 heteroatoms. The van der Waals surface area contributed by atoms with Crippen molar-refractivity contribution in [1.29, 1.82) is 0 Å². The van der Waals surface area contributed by atoms with E-state index in [9.17, 15) is 18.3 Å². The molecule has 2 aromatic rings. The maximum atomic E-state index is 12.3. The highest BCUT2D eigenvalue weighted by Gasteiger charge is 2.31. The molecule has 0 amide bonds. The molecule has 2 heterocycles. The van der Waals surface area contributed by atoms with Crippen LogP contribution in [0.3, 0.4) is 0 Å². The Hall–Kier alpha value is -2.09. The van der Waals surface area contributed by atoms with Gasteiger partial charge >= 0.3 is 6.36 Å². The van der Waals surface area contributed by atoms with Gasteiger partial charge in [0.05, 0.1) is 6.54 Å². The van der Waals surface area contributed by atoms with Gasteiger partial charge < -0.3 is 20.5 Å². The Morgan fingerprint density at radius 3 is 2.75 bits per heavy atom. The first-order valence-electron chi connectivity index (χ1n) is 10.2. The number of aromatic nitrogens is 3. The van der Waals surface area contributed by atoms with Crippen LogP contribution >= 0.6 is 24.0 Å². The molecule has 1 aromatic carbocycles. The molecule has 0 fully saturated rings. The van der Waals surface area contributed by atoms with E-state index in [0.717, 1.165) is 24.2 Å². The van der Waals surface area contributed by atoms with Crippen LogP contribution in [0.15, 0.2) is 35.6 Å². The summed E-state index contributed by atoms with van der Waals surface area (Å²) in [4.78, 5) is 8.83. The molecule has 1 aliphatic rings. The van der Waals surface area contributed by atoms with Crippen molar-refractivity contribution in [3.63, 3.8) is 0 Å². The maximum absolute atomic E-state index is 12.3. The second-order valence-electron chi connectivity index (χ2n) is 7.40. The number of aliphatic hydroxyl groups excluding tert-OH is 1. The van der Waals surface area contributed by atoms with E-state index in [1.165, 1.54) is 12.1 Å². The van der Waals surface area contributed by atoms with Crippen LogP contribution in [0.4, 0.5) is 13.2 Å². The Kier molecular flexibility index (Phi) is 10.0. The van der Waals surface area contributed by atoms with Crippen LogP contribution in [0, 0.1) is 5.92 Å². The van der Waals surface area contributed by atoms with Gasteiger partial charge in [-0.05, 0) is 37.5 Å². The van der Waals surface area contributed by atoms with Gasteiger partial charge in [-0.1, -0.05) is 12.1 Å². The van der Waals surface area contributed by atoms with Crippen molar-refractivity contribution in [1.82, 2.24) is 25.4 Å². The van der Waals surface area contributed by atoms with Crippen LogP contribution in [0.2, 0.25) is 0 Å². The number of aliphatic hydroxyl groups is 1. The Morgan fingerprint density at radius 1 is 1.34 bits per heavy atom. The normalized spacial score (nSPS) is 17.2. The highest BCUT2D eigenvalue weighted by Crippen LogP contribution is 2.23. The minimum atomic E-state index is -4.71. The highest BCUT2D eigenvalue weighted by molar-refractivity contribution is 14.0. The Bertz CT molecular complexity index is 860. The van der Waals surface area contributed by atoms with Crippen molar-refractivity contribution < 1.29 is 23.0 Å². The van der Waals surface area contributed by atoms with Crippen LogP contribution in [-0.4, -0.2) is 57.9 Å². The molecule has 1 aromatic heterocycles. The van der Waals surface area contributed by atoms with Gasteiger partial charge in [-0.3, -0.25) is 4.99 Å². The van der Waals surface area contributed by atoms with E-state index >= 15 is 0 Å². The first kappa shape index (κ1) is 26.2. The fourth-order valence-electron chi connectivity index (χ4n) is 3.44. The molecule has 0 saturated carbocycles. The molecular formula is C20H28F3IN6O2. The molecule has 0 spiro atoms. The SMILES string of the molecule is CCNC(=NCC(CO)Cc1ccc(OC(F)(F)F)cc1)NC1CCc2ncnn2C1.I. The molecule has 3 rings (SSSR count). The maximum Gasteiger partial charge on any atom is 0.573 e. The van der Waals surface area contributed by atoms with E-state index in [4.69, 9.17) is 0 Å². The average molecular weight is 568 g/mol. The van der Waals surface area contributed by atoms with E-state index in [0.29, 0.717) is 32.0 Å². The molecular weight excluding hydrogens is 540 g/mol. The number of aliphatic imine (C=N–C) groups is 1. The van der Waals surface area contributed by atoms with Gasteiger partial charge in [0, 0.05) is 38.1 Å². The number of fused-ring (bicyclic) bond motifs is 1. The zero-order chi connectivity index (χ0) is 22.3. The summed E-state index contributed by atoms with van der Waals surface area (Å²) in [5, 5.41) is 20.6. The van der Waals surface area contributed by atoms with E-state index < -0.39 is 6.36 Å². The summed E-state index contributed by atoms with van der Waals surface area (Å²) in [6, 6.07) is 5.84. The molecule has 2 unspecified atom stereocenters. The van der Waals surface area contributed by atoms with E-state index in [-0.39, 0.29) is 48.3 Å². The predicted octanol–water partition coefficient (Wildman–Crippen LogP) is 2.52. The fourth-order valence-corrected chi connectivity index (χ4v) is 3.44. The summed E-state index contributed by atoms with van der Waals surface area (Å²) in [6.45, 7) is 3.65. The molecule has 0 aliphatic carbocycles. The number of guanidine groups is 1. The van der Waals surface area contributed by atoms with Crippen molar-refractivity contribution >= 4 is 29.9 Å². The summed E-state index contributed by atoms with van der Waals surface area (Å²) < 4.78 is 42.6. The lowest BCUT2D eigenvalue weighted by Crippen LogP contribution is -2.47. The minimum Gasteiger partial charge on any atom is -0.406 e. The van der Waals surface area contributed by atoms with Gasteiger partial charge in [0.2, 0.25) is 0 Å². The largest absolute Gasteiger partial charge is 0.573 e. The summed E-state index contributed by atoms with van der Waals surface area (Å²) in [5.74, 6) is 1.20. The van der Waals surface area contributed by atoms with E-state index in [1.807, 2.05) is 11.6 Å². The van der Waals surface area contributed by atoms with Crippen molar-refractivity contribution in [2.45, 2.75) is 45.1 Å². The number of hydrogen-bond acceptors (Lipinski definition) is 5. The number of halogens is 4. The number of hydrogen-bond donors (Lipinski definition) is 3. The molecule has 0 saturated heterocycles. The topological polar surface area (TPSA) is 96.6 Å². The molecule has 178 valence electrons. The van der Waals surface area contributed by atoms with Crippen LogP contribution in [0.1, 0.15) is 24.7 Å². The molecule has 2 atom stereocenters. The predicted molar refractivity (Wildman–Crippen MR) is 124 cm³/mol. The molecule has 3 N–H and O–H groups in total. The van der Waals surface area contributed by atoms with Gasteiger partial charge in [-0.25, -0.2) is 9.67 Å². The third-order valence-corrected chi connectivity index (χ3v) is 4.94. The number of benzene rings is 1. The summed E-state index contributed by atoms with van der Waals surface area (Å²) in [7, 11) is 0. The number of nitrogens with one attached hydrogen (secondary N) is 2.